The standard InChI is InChI=1S/C16H24FNO/c1-11-6-4-7-13(10-11)18-12(2)16-14(17)8-5-9-15(16)19-3/h5,8-9,11-13,18H,4,6-7,10H2,1-3H3. The Morgan fingerprint density at radius 3 is 2.84 bits per heavy atom. The maximum absolute atomic E-state index is 14.0. The number of methoxy groups -OCH3 is 1. The summed E-state index contributed by atoms with van der Waals surface area (Å²) in [6.45, 7) is 4.31. The van der Waals surface area contributed by atoms with Gasteiger partial charge in [-0.1, -0.05) is 25.8 Å². The lowest BCUT2D eigenvalue weighted by Crippen LogP contribution is -2.35. The van der Waals surface area contributed by atoms with Crippen LogP contribution in [0.1, 0.15) is 51.1 Å². The Hall–Kier alpha value is -1.09. The van der Waals surface area contributed by atoms with E-state index in [0.717, 1.165) is 5.92 Å². The lowest BCUT2D eigenvalue weighted by Gasteiger charge is -2.30. The molecule has 2 rings (SSSR count). The summed E-state index contributed by atoms with van der Waals surface area (Å²) in [4.78, 5) is 0. The molecule has 0 aliphatic heterocycles. The first-order valence-corrected chi connectivity index (χ1v) is 7.20. The molecule has 1 aromatic carbocycles. The van der Waals surface area contributed by atoms with Gasteiger partial charge in [0, 0.05) is 17.6 Å². The molecular formula is C16H24FNO. The maximum Gasteiger partial charge on any atom is 0.131 e. The van der Waals surface area contributed by atoms with E-state index >= 15 is 0 Å². The number of benzene rings is 1. The number of rotatable bonds is 4. The third-order valence-electron chi connectivity index (χ3n) is 4.09. The van der Waals surface area contributed by atoms with Gasteiger partial charge in [0.1, 0.15) is 11.6 Å². The van der Waals surface area contributed by atoms with Crippen LogP contribution in [0.2, 0.25) is 0 Å². The second kappa shape index (κ2) is 6.38. The smallest absolute Gasteiger partial charge is 0.131 e. The van der Waals surface area contributed by atoms with E-state index in [9.17, 15) is 4.39 Å². The molecule has 3 unspecified atom stereocenters. The van der Waals surface area contributed by atoms with Crippen LogP contribution >= 0.6 is 0 Å². The predicted octanol–water partition coefficient (Wildman–Crippen LogP) is 4.06. The molecule has 1 N–H and O–H groups in total. The van der Waals surface area contributed by atoms with Crippen molar-refractivity contribution < 1.29 is 9.13 Å². The van der Waals surface area contributed by atoms with E-state index in [0.29, 0.717) is 17.4 Å². The van der Waals surface area contributed by atoms with Crippen LogP contribution in [0, 0.1) is 11.7 Å². The molecule has 3 heteroatoms. The third kappa shape index (κ3) is 3.47. The van der Waals surface area contributed by atoms with E-state index in [1.54, 1.807) is 13.2 Å². The molecule has 0 bridgehead atoms. The van der Waals surface area contributed by atoms with Gasteiger partial charge in [0.05, 0.1) is 7.11 Å². The Balaban J connectivity index is 2.09. The molecule has 3 atom stereocenters. The topological polar surface area (TPSA) is 21.3 Å². The Kier molecular flexibility index (Phi) is 4.81. The molecule has 0 heterocycles. The fourth-order valence-electron chi connectivity index (χ4n) is 3.14. The van der Waals surface area contributed by atoms with Crippen molar-refractivity contribution in [1.82, 2.24) is 5.32 Å². The second-order valence-corrected chi connectivity index (χ2v) is 5.71. The molecule has 1 saturated carbocycles. The third-order valence-corrected chi connectivity index (χ3v) is 4.09. The highest BCUT2D eigenvalue weighted by Crippen LogP contribution is 2.30. The largest absolute Gasteiger partial charge is 0.496 e. The monoisotopic (exact) mass is 265 g/mol. The van der Waals surface area contributed by atoms with Crippen LogP contribution in [0.15, 0.2) is 18.2 Å². The van der Waals surface area contributed by atoms with E-state index in [2.05, 4.69) is 12.2 Å². The van der Waals surface area contributed by atoms with Gasteiger partial charge in [-0.05, 0) is 37.8 Å². The number of hydrogen-bond donors (Lipinski definition) is 1. The van der Waals surface area contributed by atoms with Gasteiger partial charge in [-0.15, -0.1) is 0 Å². The van der Waals surface area contributed by atoms with Crippen molar-refractivity contribution in [2.45, 2.75) is 51.6 Å². The van der Waals surface area contributed by atoms with Gasteiger partial charge in [0.15, 0.2) is 0 Å². The highest BCUT2D eigenvalue weighted by Gasteiger charge is 2.23. The summed E-state index contributed by atoms with van der Waals surface area (Å²) in [6, 6.07) is 5.47. The number of nitrogens with one attached hydrogen (secondary N) is 1. The van der Waals surface area contributed by atoms with Crippen molar-refractivity contribution in [2.75, 3.05) is 7.11 Å². The number of hydrogen-bond acceptors (Lipinski definition) is 2. The Morgan fingerprint density at radius 1 is 1.37 bits per heavy atom. The quantitative estimate of drug-likeness (QED) is 0.886. The summed E-state index contributed by atoms with van der Waals surface area (Å²) in [7, 11) is 1.59. The fourth-order valence-corrected chi connectivity index (χ4v) is 3.14. The molecule has 1 aliphatic rings. The lowest BCUT2D eigenvalue weighted by molar-refractivity contribution is 0.281. The summed E-state index contributed by atoms with van der Waals surface area (Å²) in [6.07, 6.45) is 4.95. The summed E-state index contributed by atoms with van der Waals surface area (Å²) in [5, 5.41) is 3.56. The van der Waals surface area contributed by atoms with Gasteiger partial charge in [-0.25, -0.2) is 4.39 Å². The minimum Gasteiger partial charge on any atom is -0.496 e. The van der Waals surface area contributed by atoms with Gasteiger partial charge < -0.3 is 10.1 Å². The zero-order chi connectivity index (χ0) is 13.8. The van der Waals surface area contributed by atoms with Crippen molar-refractivity contribution in [3.05, 3.63) is 29.6 Å². The number of ether oxygens (including phenoxy) is 1. The van der Waals surface area contributed by atoms with Gasteiger partial charge >= 0.3 is 0 Å². The minimum atomic E-state index is -0.191. The van der Waals surface area contributed by atoms with Crippen molar-refractivity contribution in [2.24, 2.45) is 5.92 Å². The molecule has 0 amide bonds. The average Bonchev–Trinajstić information content (AvgIpc) is 2.38. The lowest BCUT2D eigenvalue weighted by atomic mass is 9.86. The maximum atomic E-state index is 14.0. The summed E-state index contributed by atoms with van der Waals surface area (Å²) in [5.74, 6) is 1.20. The van der Waals surface area contributed by atoms with Crippen molar-refractivity contribution in [3.8, 4) is 5.75 Å². The molecule has 19 heavy (non-hydrogen) atoms. The first kappa shape index (κ1) is 14.3. The molecule has 0 saturated heterocycles. The first-order chi connectivity index (χ1) is 9.11. The molecule has 1 aliphatic carbocycles. The molecule has 0 radical (unpaired) electrons. The molecule has 106 valence electrons. The predicted molar refractivity (Wildman–Crippen MR) is 75.9 cm³/mol. The molecule has 1 fully saturated rings. The van der Waals surface area contributed by atoms with Crippen LogP contribution in [0.25, 0.3) is 0 Å². The highest BCUT2D eigenvalue weighted by atomic mass is 19.1. The Morgan fingerprint density at radius 2 is 2.16 bits per heavy atom. The van der Waals surface area contributed by atoms with E-state index in [1.165, 1.54) is 31.7 Å². The second-order valence-electron chi connectivity index (χ2n) is 5.71. The molecule has 0 aromatic heterocycles. The molecule has 1 aromatic rings. The summed E-state index contributed by atoms with van der Waals surface area (Å²) < 4.78 is 19.3. The zero-order valence-electron chi connectivity index (χ0n) is 12.1. The van der Waals surface area contributed by atoms with Gasteiger partial charge in [-0.2, -0.15) is 0 Å². The van der Waals surface area contributed by atoms with Crippen LogP contribution in [-0.4, -0.2) is 13.2 Å². The van der Waals surface area contributed by atoms with Crippen LogP contribution in [0.3, 0.4) is 0 Å². The van der Waals surface area contributed by atoms with Crippen molar-refractivity contribution in [3.63, 3.8) is 0 Å². The Bertz CT molecular complexity index is 421. The number of halogens is 1. The summed E-state index contributed by atoms with van der Waals surface area (Å²) in [5.41, 5.74) is 0.642. The van der Waals surface area contributed by atoms with Gasteiger partial charge in [0.25, 0.3) is 0 Å². The molecule has 0 spiro atoms. The van der Waals surface area contributed by atoms with Crippen LogP contribution in [0.4, 0.5) is 4.39 Å². The van der Waals surface area contributed by atoms with Crippen molar-refractivity contribution in [1.29, 1.82) is 0 Å². The van der Waals surface area contributed by atoms with Crippen LogP contribution in [0.5, 0.6) is 5.75 Å². The molecular weight excluding hydrogens is 241 g/mol. The molecule has 2 nitrogen and oxygen atoms in total. The van der Waals surface area contributed by atoms with E-state index in [-0.39, 0.29) is 11.9 Å². The zero-order valence-corrected chi connectivity index (χ0v) is 12.1. The summed E-state index contributed by atoms with van der Waals surface area (Å²) >= 11 is 0. The van der Waals surface area contributed by atoms with Crippen molar-refractivity contribution >= 4 is 0 Å². The normalized spacial score (nSPS) is 25.1. The highest BCUT2D eigenvalue weighted by molar-refractivity contribution is 5.37. The SMILES string of the molecule is COc1cccc(F)c1C(C)NC1CCCC(C)C1. The van der Waals surface area contributed by atoms with Crippen LogP contribution < -0.4 is 10.1 Å². The minimum absolute atomic E-state index is 0.0218. The van der Waals surface area contributed by atoms with Crippen LogP contribution in [-0.2, 0) is 0 Å². The van der Waals surface area contributed by atoms with E-state index in [1.807, 2.05) is 13.0 Å². The van der Waals surface area contributed by atoms with Gasteiger partial charge in [0.2, 0.25) is 0 Å². The van der Waals surface area contributed by atoms with E-state index < -0.39 is 0 Å². The first-order valence-electron chi connectivity index (χ1n) is 7.20. The Labute approximate surface area is 115 Å². The van der Waals surface area contributed by atoms with Gasteiger partial charge in [-0.3, -0.25) is 0 Å². The van der Waals surface area contributed by atoms with E-state index in [4.69, 9.17) is 4.74 Å². The fraction of sp³-hybridized carbons (Fsp3) is 0.625. The average molecular weight is 265 g/mol.